The van der Waals surface area contributed by atoms with Crippen molar-refractivity contribution in [3.8, 4) is 0 Å². The quantitative estimate of drug-likeness (QED) is 0.728. The van der Waals surface area contributed by atoms with Crippen LogP contribution in [0.15, 0.2) is 42.5 Å². The normalized spacial score (nSPS) is 10.9. The number of hydrogen-bond acceptors (Lipinski definition) is 2. The molecule has 0 radical (unpaired) electrons. The van der Waals surface area contributed by atoms with Gasteiger partial charge in [0.1, 0.15) is 5.69 Å². The van der Waals surface area contributed by atoms with Crippen molar-refractivity contribution in [3.05, 3.63) is 64.8 Å². The third kappa shape index (κ3) is 3.20. The van der Waals surface area contributed by atoms with Crippen molar-refractivity contribution in [1.29, 1.82) is 0 Å². The molecule has 26 heavy (non-hydrogen) atoms. The summed E-state index contributed by atoms with van der Waals surface area (Å²) in [5.41, 5.74) is 4.45. The molecule has 3 aromatic rings. The molecule has 0 bridgehead atoms. The molecule has 0 aliphatic carbocycles. The van der Waals surface area contributed by atoms with Gasteiger partial charge >= 0.3 is 5.97 Å². The van der Waals surface area contributed by atoms with Gasteiger partial charge in [0, 0.05) is 28.7 Å². The molecule has 5 nitrogen and oxygen atoms in total. The van der Waals surface area contributed by atoms with Crippen molar-refractivity contribution in [2.75, 3.05) is 11.4 Å². The van der Waals surface area contributed by atoms with E-state index in [0.717, 1.165) is 22.2 Å². The highest BCUT2D eigenvalue weighted by Gasteiger charge is 2.22. The minimum absolute atomic E-state index is 0.0341. The van der Waals surface area contributed by atoms with Gasteiger partial charge in [0.2, 0.25) is 5.91 Å². The van der Waals surface area contributed by atoms with Crippen LogP contribution in [0, 0.1) is 13.8 Å². The number of para-hydroxylation sites is 1. The summed E-state index contributed by atoms with van der Waals surface area (Å²) in [5, 5.41) is 10.3. The monoisotopic (exact) mass is 350 g/mol. The van der Waals surface area contributed by atoms with Crippen LogP contribution < -0.4 is 4.90 Å². The van der Waals surface area contributed by atoms with E-state index in [1.165, 1.54) is 5.56 Å². The number of carbonyl (C=O) groups is 2. The van der Waals surface area contributed by atoms with Gasteiger partial charge in [-0.15, -0.1) is 0 Å². The van der Waals surface area contributed by atoms with Crippen LogP contribution in [0.25, 0.3) is 10.9 Å². The van der Waals surface area contributed by atoms with E-state index in [4.69, 9.17) is 0 Å². The Morgan fingerprint density at radius 2 is 1.81 bits per heavy atom. The largest absolute Gasteiger partial charge is 0.477 e. The molecule has 1 amide bonds. The molecular weight excluding hydrogens is 328 g/mol. The average molecular weight is 350 g/mol. The molecule has 0 aliphatic heterocycles. The van der Waals surface area contributed by atoms with E-state index in [2.05, 4.69) is 4.98 Å². The number of likely N-dealkylation sites (N-methyl/N-ethyl adjacent to an activating group) is 1. The van der Waals surface area contributed by atoms with Gasteiger partial charge < -0.3 is 15.0 Å². The number of aromatic nitrogens is 1. The van der Waals surface area contributed by atoms with E-state index in [1.54, 1.807) is 4.90 Å². The number of carboxylic acids is 1. The van der Waals surface area contributed by atoms with Crippen molar-refractivity contribution in [2.24, 2.45) is 0 Å². The number of benzene rings is 2. The van der Waals surface area contributed by atoms with Crippen molar-refractivity contribution >= 4 is 28.5 Å². The summed E-state index contributed by atoms with van der Waals surface area (Å²) < 4.78 is 0. The third-order valence-electron chi connectivity index (χ3n) is 4.77. The highest BCUT2D eigenvalue weighted by atomic mass is 16.4. The Morgan fingerprint density at radius 1 is 1.08 bits per heavy atom. The van der Waals surface area contributed by atoms with Crippen LogP contribution in [0.5, 0.6) is 0 Å². The molecule has 134 valence electrons. The molecule has 0 atom stereocenters. The zero-order valence-corrected chi connectivity index (χ0v) is 15.2. The van der Waals surface area contributed by atoms with Gasteiger partial charge in [-0.3, -0.25) is 4.79 Å². The average Bonchev–Trinajstić information content (AvgIpc) is 2.98. The van der Waals surface area contributed by atoms with E-state index in [1.807, 2.05) is 63.2 Å². The van der Waals surface area contributed by atoms with E-state index in [9.17, 15) is 14.7 Å². The SMILES string of the molecule is CCN(C(=O)Cc1c(C(=O)O)[nH]c2ccccc12)c1ccc(C)c(C)c1. The lowest BCUT2D eigenvalue weighted by Crippen LogP contribution is -2.32. The highest BCUT2D eigenvalue weighted by molar-refractivity contribution is 6.03. The number of amides is 1. The van der Waals surface area contributed by atoms with E-state index in [0.29, 0.717) is 12.1 Å². The Kier molecular flexibility index (Phi) is 4.80. The fourth-order valence-electron chi connectivity index (χ4n) is 3.21. The van der Waals surface area contributed by atoms with Gasteiger partial charge in [-0.1, -0.05) is 24.3 Å². The lowest BCUT2D eigenvalue weighted by molar-refractivity contribution is -0.117. The maximum Gasteiger partial charge on any atom is 0.352 e. The molecule has 1 heterocycles. The maximum absolute atomic E-state index is 13.0. The van der Waals surface area contributed by atoms with Crippen LogP contribution in [0.2, 0.25) is 0 Å². The minimum Gasteiger partial charge on any atom is -0.477 e. The Bertz CT molecular complexity index is 988. The number of nitrogens with one attached hydrogen (secondary N) is 1. The van der Waals surface area contributed by atoms with Crippen molar-refractivity contribution < 1.29 is 14.7 Å². The smallest absolute Gasteiger partial charge is 0.352 e. The molecule has 3 rings (SSSR count). The Morgan fingerprint density at radius 3 is 2.46 bits per heavy atom. The maximum atomic E-state index is 13.0. The summed E-state index contributed by atoms with van der Waals surface area (Å²) >= 11 is 0. The number of carbonyl (C=O) groups excluding carboxylic acids is 1. The molecule has 0 unspecified atom stereocenters. The van der Waals surface area contributed by atoms with Gasteiger partial charge in [0.25, 0.3) is 0 Å². The zero-order chi connectivity index (χ0) is 18.8. The van der Waals surface area contributed by atoms with Gasteiger partial charge in [-0.05, 0) is 50.1 Å². The molecule has 5 heteroatoms. The van der Waals surface area contributed by atoms with Gasteiger partial charge in [0.05, 0.1) is 6.42 Å². The number of carboxylic acid groups (broad SMARTS) is 1. The Labute approximate surface area is 152 Å². The summed E-state index contributed by atoms with van der Waals surface area (Å²) in [6.45, 7) is 6.48. The Balaban J connectivity index is 1.98. The standard InChI is InChI=1S/C21H22N2O3/c1-4-23(15-10-9-13(2)14(3)11-15)19(24)12-17-16-7-5-6-8-18(16)22-20(17)21(25)26/h5-11,22H,4,12H2,1-3H3,(H,25,26). The third-order valence-corrected chi connectivity index (χ3v) is 4.77. The van der Waals surface area contributed by atoms with E-state index in [-0.39, 0.29) is 18.0 Å². The molecule has 2 N–H and O–H groups in total. The molecule has 1 aromatic heterocycles. The summed E-state index contributed by atoms with van der Waals surface area (Å²) in [7, 11) is 0. The van der Waals surface area contributed by atoms with Gasteiger partial charge in [0.15, 0.2) is 0 Å². The number of rotatable bonds is 5. The van der Waals surface area contributed by atoms with E-state index >= 15 is 0 Å². The first-order chi connectivity index (χ1) is 12.4. The predicted molar refractivity (Wildman–Crippen MR) is 103 cm³/mol. The molecular formula is C21H22N2O3. The molecule has 0 saturated heterocycles. The van der Waals surface area contributed by atoms with Crippen LogP contribution in [0.3, 0.4) is 0 Å². The van der Waals surface area contributed by atoms with Crippen LogP contribution in [-0.4, -0.2) is 28.5 Å². The van der Waals surface area contributed by atoms with Crippen molar-refractivity contribution in [2.45, 2.75) is 27.2 Å². The first kappa shape index (κ1) is 17.7. The van der Waals surface area contributed by atoms with Crippen LogP contribution >= 0.6 is 0 Å². The number of H-pyrrole nitrogens is 1. The number of aryl methyl sites for hydroxylation is 2. The first-order valence-corrected chi connectivity index (χ1v) is 8.62. The van der Waals surface area contributed by atoms with Crippen molar-refractivity contribution in [3.63, 3.8) is 0 Å². The predicted octanol–water partition coefficient (Wildman–Crippen LogP) is 4.08. The number of aromatic amines is 1. The second kappa shape index (κ2) is 7.04. The number of nitrogens with zero attached hydrogens (tertiary/aromatic N) is 1. The first-order valence-electron chi connectivity index (χ1n) is 8.62. The summed E-state index contributed by atoms with van der Waals surface area (Å²) in [6.07, 6.45) is 0.0341. The van der Waals surface area contributed by atoms with Crippen LogP contribution in [0.4, 0.5) is 5.69 Å². The van der Waals surface area contributed by atoms with Gasteiger partial charge in [-0.25, -0.2) is 4.79 Å². The number of hydrogen-bond donors (Lipinski definition) is 2. The molecule has 0 aliphatic rings. The zero-order valence-electron chi connectivity index (χ0n) is 15.2. The number of fused-ring (bicyclic) bond motifs is 1. The van der Waals surface area contributed by atoms with Crippen LogP contribution in [0.1, 0.15) is 34.1 Å². The highest BCUT2D eigenvalue weighted by Crippen LogP contribution is 2.25. The lowest BCUT2D eigenvalue weighted by Gasteiger charge is -2.22. The second-order valence-electron chi connectivity index (χ2n) is 6.41. The molecule has 0 spiro atoms. The molecule has 2 aromatic carbocycles. The fourth-order valence-corrected chi connectivity index (χ4v) is 3.21. The van der Waals surface area contributed by atoms with E-state index < -0.39 is 5.97 Å². The number of anilines is 1. The Hall–Kier alpha value is -3.08. The number of aromatic carboxylic acids is 1. The fraction of sp³-hybridized carbons (Fsp3) is 0.238. The summed E-state index contributed by atoms with van der Waals surface area (Å²) in [5.74, 6) is -1.18. The van der Waals surface area contributed by atoms with Crippen molar-refractivity contribution in [1.82, 2.24) is 4.98 Å². The topological polar surface area (TPSA) is 73.4 Å². The van der Waals surface area contributed by atoms with Crippen LogP contribution in [-0.2, 0) is 11.2 Å². The summed E-state index contributed by atoms with van der Waals surface area (Å²) in [6, 6.07) is 13.3. The summed E-state index contributed by atoms with van der Waals surface area (Å²) in [4.78, 5) is 29.2. The molecule has 0 saturated carbocycles. The molecule has 0 fully saturated rings. The second-order valence-corrected chi connectivity index (χ2v) is 6.41. The lowest BCUT2D eigenvalue weighted by atomic mass is 10.1. The van der Waals surface area contributed by atoms with Gasteiger partial charge in [-0.2, -0.15) is 0 Å². The minimum atomic E-state index is -1.06.